The van der Waals surface area contributed by atoms with Gasteiger partial charge in [-0.1, -0.05) is 26.3 Å². The topological polar surface area (TPSA) is 18.5 Å². The van der Waals surface area contributed by atoms with Crippen LogP contribution in [0, 0.1) is 0 Å². The molecule has 0 amide bonds. The highest BCUT2D eigenvalue weighted by atomic mass is 16.5. The smallest absolute Gasteiger partial charge is 0.121 e. The molecule has 1 aromatic rings. The van der Waals surface area contributed by atoms with Crippen molar-refractivity contribution >= 4 is 0 Å². The van der Waals surface area contributed by atoms with Crippen LogP contribution in [-0.2, 0) is 0 Å². The third-order valence-corrected chi connectivity index (χ3v) is 2.71. The van der Waals surface area contributed by atoms with Crippen molar-refractivity contribution in [2.75, 3.05) is 6.61 Å². The normalized spacial score (nSPS) is 11.1. The Morgan fingerprint density at radius 2 is 1.72 bits per heavy atom. The molecule has 0 N–H and O–H groups in total. The van der Waals surface area contributed by atoms with E-state index in [1.165, 1.54) is 12.8 Å². The zero-order chi connectivity index (χ0) is 13.4. The van der Waals surface area contributed by atoms with Gasteiger partial charge in [0.15, 0.2) is 0 Å². The van der Waals surface area contributed by atoms with Gasteiger partial charge in [-0.15, -0.1) is 0 Å². The van der Waals surface area contributed by atoms with Gasteiger partial charge in [0.1, 0.15) is 17.1 Å². The number of ether oxygens (including phenoxy) is 2. The summed E-state index contributed by atoms with van der Waals surface area (Å²) in [4.78, 5) is 0. The molecule has 1 rings (SSSR count). The first-order valence-electron chi connectivity index (χ1n) is 6.63. The first kappa shape index (κ1) is 14.6. The molecule has 0 aliphatic carbocycles. The van der Waals surface area contributed by atoms with Gasteiger partial charge in [-0.2, -0.15) is 0 Å². The minimum atomic E-state index is -0.344. The summed E-state index contributed by atoms with van der Waals surface area (Å²) < 4.78 is 11.4. The maximum Gasteiger partial charge on any atom is 0.121 e. The molecular formula is C16H24O2. The number of benzene rings is 1. The van der Waals surface area contributed by atoms with E-state index in [1.807, 2.05) is 38.1 Å². The van der Waals surface area contributed by atoms with Crippen molar-refractivity contribution in [3.05, 3.63) is 36.9 Å². The summed E-state index contributed by atoms with van der Waals surface area (Å²) in [7, 11) is 0. The third-order valence-electron chi connectivity index (χ3n) is 2.71. The highest BCUT2D eigenvalue weighted by Gasteiger charge is 2.14. The second-order valence-corrected chi connectivity index (χ2v) is 4.94. The van der Waals surface area contributed by atoms with Gasteiger partial charge in [0, 0.05) is 0 Å². The molecule has 0 aromatic heterocycles. The largest absolute Gasteiger partial charge is 0.494 e. The average molecular weight is 248 g/mol. The lowest BCUT2D eigenvalue weighted by atomic mass is 10.1. The van der Waals surface area contributed by atoms with Crippen LogP contribution < -0.4 is 9.47 Å². The van der Waals surface area contributed by atoms with Crippen LogP contribution in [-0.4, -0.2) is 12.2 Å². The van der Waals surface area contributed by atoms with Crippen LogP contribution in [0.4, 0.5) is 0 Å². The second-order valence-electron chi connectivity index (χ2n) is 4.94. The van der Waals surface area contributed by atoms with Gasteiger partial charge in [0.25, 0.3) is 0 Å². The number of hydrogen-bond donors (Lipinski definition) is 0. The van der Waals surface area contributed by atoms with Gasteiger partial charge in [-0.05, 0) is 50.6 Å². The van der Waals surface area contributed by atoms with E-state index in [9.17, 15) is 0 Å². The molecule has 2 nitrogen and oxygen atoms in total. The predicted octanol–water partition coefficient (Wildman–Crippen LogP) is 4.60. The Balaban J connectivity index is 2.45. The molecule has 100 valence electrons. The zero-order valence-electron chi connectivity index (χ0n) is 11.7. The van der Waals surface area contributed by atoms with E-state index in [0.717, 1.165) is 24.5 Å². The van der Waals surface area contributed by atoms with Crippen molar-refractivity contribution < 1.29 is 9.47 Å². The summed E-state index contributed by atoms with van der Waals surface area (Å²) >= 11 is 0. The molecule has 0 aliphatic rings. The lowest BCUT2D eigenvalue weighted by Crippen LogP contribution is -2.24. The number of unbranched alkanes of at least 4 members (excludes halogenated alkanes) is 2. The maximum atomic E-state index is 5.78. The molecule has 2 heteroatoms. The Kier molecular flexibility index (Phi) is 5.76. The van der Waals surface area contributed by atoms with Gasteiger partial charge < -0.3 is 9.47 Å². The molecule has 0 radical (unpaired) electrons. The molecule has 18 heavy (non-hydrogen) atoms. The van der Waals surface area contributed by atoms with Crippen molar-refractivity contribution in [3.63, 3.8) is 0 Å². The standard InChI is InChI=1S/C16H24O2/c1-5-7-8-13-17-14-9-11-15(12-10-14)18-16(3,4)6-2/h6,9-12H,2,5,7-8,13H2,1,3-4H3. The van der Waals surface area contributed by atoms with Crippen molar-refractivity contribution in [2.24, 2.45) is 0 Å². The van der Waals surface area contributed by atoms with Crippen LogP contribution in [0.5, 0.6) is 11.5 Å². The van der Waals surface area contributed by atoms with E-state index in [-0.39, 0.29) is 5.60 Å². The minimum Gasteiger partial charge on any atom is -0.494 e. The van der Waals surface area contributed by atoms with Crippen molar-refractivity contribution in [1.29, 1.82) is 0 Å². The first-order valence-corrected chi connectivity index (χ1v) is 6.63. The molecule has 0 saturated carbocycles. The quantitative estimate of drug-likeness (QED) is 0.494. The van der Waals surface area contributed by atoms with Crippen molar-refractivity contribution in [3.8, 4) is 11.5 Å². The van der Waals surface area contributed by atoms with E-state index in [0.29, 0.717) is 0 Å². The molecule has 0 atom stereocenters. The molecule has 0 unspecified atom stereocenters. The third kappa shape index (κ3) is 5.26. The van der Waals surface area contributed by atoms with Crippen molar-refractivity contribution in [1.82, 2.24) is 0 Å². The van der Waals surface area contributed by atoms with E-state index in [4.69, 9.17) is 9.47 Å². The Morgan fingerprint density at radius 3 is 2.28 bits per heavy atom. The van der Waals surface area contributed by atoms with Gasteiger partial charge in [-0.3, -0.25) is 0 Å². The van der Waals surface area contributed by atoms with Gasteiger partial charge in [-0.25, -0.2) is 0 Å². The Morgan fingerprint density at radius 1 is 1.11 bits per heavy atom. The Hall–Kier alpha value is -1.44. The molecule has 0 aliphatic heterocycles. The van der Waals surface area contributed by atoms with E-state index >= 15 is 0 Å². The fraction of sp³-hybridized carbons (Fsp3) is 0.500. The molecular weight excluding hydrogens is 224 g/mol. The van der Waals surface area contributed by atoms with Gasteiger partial charge >= 0.3 is 0 Å². The van der Waals surface area contributed by atoms with Crippen LogP contribution >= 0.6 is 0 Å². The molecule has 1 aromatic carbocycles. The maximum absolute atomic E-state index is 5.78. The molecule has 0 spiro atoms. The minimum absolute atomic E-state index is 0.344. The Labute approximate surface area is 111 Å². The molecule has 0 fully saturated rings. The summed E-state index contributed by atoms with van der Waals surface area (Å²) in [5.41, 5.74) is -0.344. The fourth-order valence-corrected chi connectivity index (χ4v) is 1.49. The van der Waals surface area contributed by atoms with Crippen LogP contribution in [0.1, 0.15) is 40.0 Å². The van der Waals surface area contributed by atoms with E-state index in [2.05, 4.69) is 13.5 Å². The average Bonchev–Trinajstić information content (AvgIpc) is 2.36. The van der Waals surface area contributed by atoms with Crippen LogP contribution in [0.2, 0.25) is 0 Å². The predicted molar refractivity (Wildman–Crippen MR) is 76.4 cm³/mol. The molecule has 0 saturated heterocycles. The summed E-state index contributed by atoms with van der Waals surface area (Å²) in [5, 5.41) is 0. The highest BCUT2D eigenvalue weighted by molar-refractivity contribution is 5.31. The number of rotatable bonds is 8. The van der Waals surface area contributed by atoms with Crippen LogP contribution in [0.25, 0.3) is 0 Å². The van der Waals surface area contributed by atoms with Crippen LogP contribution in [0.15, 0.2) is 36.9 Å². The van der Waals surface area contributed by atoms with Gasteiger partial charge in [0.05, 0.1) is 6.61 Å². The number of hydrogen-bond acceptors (Lipinski definition) is 2. The fourth-order valence-electron chi connectivity index (χ4n) is 1.49. The monoisotopic (exact) mass is 248 g/mol. The first-order chi connectivity index (χ1) is 8.57. The lowest BCUT2D eigenvalue weighted by Gasteiger charge is -2.22. The molecule has 0 heterocycles. The summed E-state index contributed by atoms with van der Waals surface area (Å²) in [6.07, 6.45) is 5.34. The summed E-state index contributed by atoms with van der Waals surface area (Å²) in [5.74, 6) is 1.73. The zero-order valence-corrected chi connectivity index (χ0v) is 11.7. The van der Waals surface area contributed by atoms with Crippen molar-refractivity contribution in [2.45, 2.75) is 45.6 Å². The summed E-state index contributed by atoms with van der Waals surface area (Å²) in [6, 6.07) is 7.75. The van der Waals surface area contributed by atoms with Gasteiger partial charge in [0.2, 0.25) is 0 Å². The van der Waals surface area contributed by atoms with Crippen LogP contribution in [0.3, 0.4) is 0 Å². The second kappa shape index (κ2) is 7.10. The molecule has 0 bridgehead atoms. The van der Waals surface area contributed by atoms with E-state index < -0.39 is 0 Å². The lowest BCUT2D eigenvalue weighted by molar-refractivity contribution is 0.162. The van der Waals surface area contributed by atoms with E-state index in [1.54, 1.807) is 6.08 Å². The summed E-state index contributed by atoms with van der Waals surface area (Å²) in [6.45, 7) is 10.7. The highest BCUT2D eigenvalue weighted by Crippen LogP contribution is 2.22. The Bertz CT molecular complexity index is 352. The SMILES string of the molecule is C=CC(C)(C)Oc1ccc(OCCCCC)cc1.